The average molecular weight is 370 g/mol. The van der Waals surface area contributed by atoms with Gasteiger partial charge in [-0.25, -0.2) is 9.97 Å². The molecule has 0 aliphatic carbocycles. The SMILES string of the molecule is CC(=O)SCC(=Cc1cnc(N)c(Cl)n1)B1OC(C)(C)C(C)(C)O1. The van der Waals surface area contributed by atoms with Gasteiger partial charge in [0.05, 0.1) is 23.1 Å². The van der Waals surface area contributed by atoms with Crippen LogP contribution in [-0.4, -0.2) is 39.2 Å². The van der Waals surface area contributed by atoms with E-state index in [4.69, 9.17) is 26.6 Å². The van der Waals surface area contributed by atoms with E-state index in [0.717, 1.165) is 5.47 Å². The Hall–Kier alpha value is -1.09. The summed E-state index contributed by atoms with van der Waals surface area (Å²) in [5.74, 6) is 0.597. The Balaban J connectivity index is 2.33. The smallest absolute Gasteiger partial charge is 0.400 e. The van der Waals surface area contributed by atoms with Crippen LogP contribution in [0.5, 0.6) is 0 Å². The largest absolute Gasteiger partial charge is 0.491 e. The van der Waals surface area contributed by atoms with E-state index < -0.39 is 18.3 Å². The predicted molar refractivity (Wildman–Crippen MR) is 98.7 cm³/mol. The van der Waals surface area contributed by atoms with Gasteiger partial charge in [-0.2, -0.15) is 0 Å². The maximum atomic E-state index is 11.4. The maximum Gasteiger partial charge on any atom is 0.491 e. The average Bonchev–Trinajstić information content (AvgIpc) is 2.67. The van der Waals surface area contributed by atoms with Crippen LogP contribution in [0.15, 0.2) is 11.7 Å². The van der Waals surface area contributed by atoms with Crippen LogP contribution in [-0.2, 0) is 14.1 Å². The number of carbonyl (C=O) groups excluding carboxylic acids is 1. The van der Waals surface area contributed by atoms with Gasteiger partial charge >= 0.3 is 7.12 Å². The third-order valence-corrected chi connectivity index (χ3v) is 5.27. The van der Waals surface area contributed by atoms with Crippen LogP contribution in [0.2, 0.25) is 5.15 Å². The van der Waals surface area contributed by atoms with Crippen LogP contribution in [0.4, 0.5) is 5.82 Å². The number of anilines is 1. The van der Waals surface area contributed by atoms with Gasteiger partial charge in [0.1, 0.15) is 0 Å². The molecular weight excluding hydrogens is 349 g/mol. The summed E-state index contributed by atoms with van der Waals surface area (Å²) in [6.45, 7) is 9.42. The zero-order valence-corrected chi connectivity index (χ0v) is 16.0. The lowest BCUT2D eigenvalue weighted by atomic mass is 9.78. The van der Waals surface area contributed by atoms with E-state index in [2.05, 4.69) is 9.97 Å². The topological polar surface area (TPSA) is 87.3 Å². The van der Waals surface area contributed by atoms with Crippen LogP contribution in [0.3, 0.4) is 0 Å². The van der Waals surface area contributed by atoms with E-state index in [-0.39, 0.29) is 16.1 Å². The molecule has 130 valence electrons. The van der Waals surface area contributed by atoms with Crippen molar-refractivity contribution in [3.05, 3.63) is 22.5 Å². The van der Waals surface area contributed by atoms with Gasteiger partial charge in [0.15, 0.2) is 16.1 Å². The molecule has 2 heterocycles. The summed E-state index contributed by atoms with van der Waals surface area (Å²) >= 11 is 7.11. The van der Waals surface area contributed by atoms with Crippen molar-refractivity contribution < 1.29 is 14.1 Å². The molecule has 1 aromatic rings. The monoisotopic (exact) mass is 369 g/mol. The first-order valence-corrected chi connectivity index (χ1v) is 8.86. The van der Waals surface area contributed by atoms with Crippen molar-refractivity contribution >= 4 is 47.5 Å². The lowest BCUT2D eigenvalue weighted by Crippen LogP contribution is -2.41. The molecule has 0 spiro atoms. The molecule has 9 heteroatoms. The fourth-order valence-electron chi connectivity index (χ4n) is 2.01. The van der Waals surface area contributed by atoms with E-state index in [1.165, 1.54) is 24.9 Å². The minimum Gasteiger partial charge on any atom is -0.400 e. The van der Waals surface area contributed by atoms with Gasteiger partial charge < -0.3 is 15.0 Å². The zero-order chi connectivity index (χ0) is 18.1. The van der Waals surface area contributed by atoms with Crippen molar-refractivity contribution in [2.24, 2.45) is 0 Å². The normalized spacial score (nSPS) is 19.6. The Labute approximate surface area is 151 Å². The van der Waals surface area contributed by atoms with Crippen molar-refractivity contribution in [2.75, 3.05) is 11.5 Å². The van der Waals surface area contributed by atoms with E-state index in [1.807, 2.05) is 27.7 Å². The number of nitrogen functional groups attached to an aromatic ring is 1. The second-order valence-corrected chi connectivity index (χ2v) is 8.07. The molecule has 0 aromatic carbocycles. The lowest BCUT2D eigenvalue weighted by Gasteiger charge is -2.32. The third-order valence-electron chi connectivity index (χ3n) is 4.11. The Morgan fingerprint density at radius 2 is 1.96 bits per heavy atom. The van der Waals surface area contributed by atoms with E-state index in [9.17, 15) is 4.79 Å². The summed E-state index contributed by atoms with van der Waals surface area (Å²) in [4.78, 5) is 19.5. The number of rotatable bonds is 4. The van der Waals surface area contributed by atoms with E-state index in [0.29, 0.717) is 11.4 Å². The second-order valence-electron chi connectivity index (χ2n) is 6.56. The first-order chi connectivity index (χ1) is 11.0. The highest BCUT2D eigenvalue weighted by atomic mass is 35.5. The molecule has 1 aromatic heterocycles. The first kappa shape index (κ1) is 19.2. The highest BCUT2D eigenvalue weighted by molar-refractivity contribution is 8.13. The number of carbonyl (C=O) groups is 1. The van der Waals surface area contributed by atoms with Crippen molar-refractivity contribution in [2.45, 2.75) is 45.8 Å². The highest BCUT2D eigenvalue weighted by Gasteiger charge is 2.52. The van der Waals surface area contributed by atoms with Crippen molar-refractivity contribution in [3.63, 3.8) is 0 Å². The van der Waals surface area contributed by atoms with E-state index in [1.54, 1.807) is 6.08 Å². The van der Waals surface area contributed by atoms with Crippen molar-refractivity contribution in [3.8, 4) is 0 Å². The van der Waals surface area contributed by atoms with Gasteiger partial charge in [-0.1, -0.05) is 23.4 Å². The van der Waals surface area contributed by atoms with Crippen LogP contribution in [0.1, 0.15) is 40.3 Å². The Morgan fingerprint density at radius 3 is 2.46 bits per heavy atom. The molecule has 1 aliphatic rings. The fourth-order valence-corrected chi connectivity index (χ4v) is 2.74. The van der Waals surface area contributed by atoms with Crippen molar-refractivity contribution in [1.82, 2.24) is 9.97 Å². The van der Waals surface area contributed by atoms with Gasteiger partial charge in [0, 0.05) is 12.7 Å². The number of hydrogen-bond acceptors (Lipinski definition) is 7. The molecule has 0 atom stereocenters. The highest BCUT2D eigenvalue weighted by Crippen LogP contribution is 2.39. The number of nitrogens with zero attached hydrogens (tertiary/aromatic N) is 2. The molecular formula is C15H21BClN3O3S. The molecule has 1 saturated heterocycles. The summed E-state index contributed by atoms with van der Waals surface area (Å²) in [5, 5.41) is 0.148. The quantitative estimate of drug-likeness (QED) is 0.816. The minimum absolute atomic E-state index is 0.0128. The van der Waals surface area contributed by atoms with Crippen LogP contribution in [0.25, 0.3) is 6.08 Å². The van der Waals surface area contributed by atoms with Crippen LogP contribution < -0.4 is 5.73 Å². The lowest BCUT2D eigenvalue weighted by molar-refractivity contribution is -0.109. The summed E-state index contributed by atoms with van der Waals surface area (Å²) in [6, 6.07) is 0. The molecule has 6 nitrogen and oxygen atoms in total. The molecule has 0 radical (unpaired) electrons. The van der Waals surface area contributed by atoms with Crippen LogP contribution in [0, 0.1) is 0 Å². The molecule has 1 aliphatic heterocycles. The number of nitrogens with two attached hydrogens (primary N) is 1. The Bertz CT molecular complexity index is 666. The number of hydrogen-bond donors (Lipinski definition) is 1. The molecule has 0 unspecified atom stereocenters. The van der Waals surface area contributed by atoms with Crippen LogP contribution >= 0.6 is 23.4 Å². The van der Waals surface area contributed by atoms with Gasteiger partial charge in [-0.15, -0.1) is 0 Å². The maximum absolute atomic E-state index is 11.4. The number of thioether (sulfide) groups is 1. The summed E-state index contributed by atoms with van der Waals surface area (Å²) in [5.41, 5.74) is 5.96. The van der Waals surface area contributed by atoms with Gasteiger partial charge in [-0.05, 0) is 39.2 Å². The second kappa shape index (κ2) is 7.03. The molecule has 1 fully saturated rings. The molecule has 0 amide bonds. The third kappa shape index (κ3) is 4.30. The van der Waals surface area contributed by atoms with Crippen molar-refractivity contribution in [1.29, 1.82) is 0 Å². The summed E-state index contributed by atoms with van der Waals surface area (Å²) in [7, 11) is -0.569. The first-order valence-electron chi connectivity index (χ1n) is 7.49. The minimum atomic E-state index is -0.569. The fraction of sp³-hybridized carbons (Fsp3) is 0.533. The zero-order valence-electron chi connectivity index (χ0n) is 14.4. The molecule has 0 saturated carbocycles. The Kier molecular flexibility index (Phi) is 5.64. The summed E-state index contributed by atoms with van der Waals surface area (Å²) in [6.07, 6.45) is 3.29. The molecule has 2 rings (SSSR count). The molecule has 24 heavy (non-hydrogen) atoms. The van der Waals surface area contributed by atoms with Gasteiger partial charge in [0.2, 0.25) is 0 Å². The standard InChI is InChI=1S/C15H21BClN3O3S/c1-9(21)24-8-10(6-11-7-19-13(18)12(17)20-11)16-22-14(2,3)15(4,5)23-16/h6-7H,8H2,1-5H3,(H2,18,19). The molecule has 2 N–H and O–H groups in total. The Morgan fingerprint density at radius 1 is 1.38 bits per heavy atom. The van der Waals surface area contributed by atoms with Gasteiger partial charge in [-0.3, -0.25) is 4.79 Å². The number of halogens is 1. The summed E-state index contributed by atoms with van der Waals surface area (Å²) < 4.78 is 12.1. The number of aromatic nitrogens is 2. The van der Waals surface area contributed by atoms with Gasteiger partial charge in [0.25, 0.3) is 0 Å². The predicted octanol–water partition coefficient (Wildman–Crippen LogP) is 3.01. The molecule has 0 bridgehead atoms. The van der Waals surface area contributed by atoms with E-state index >= 15 is 0 Å².